The Morgan fingerprint density at radius 2 is 1.00 bits per heavy atom. The lowest BCUT2D eigenvalue weighted by Gasteiger charge is -2.26. The van der Waals surface area contributed by atoms with Crippen molar-refractivity contribution in [3.05, 3.63) is 194 Å². The number of fused-ring (bicyclic) bond motifs is 10. The summed E-state index contributed by atoms with van der Waals surface area (Å²) in [4.78, 5) is 2.37. The number of hydrogen-bond acceptors (Lipinski definition) is 2. The Balaban J connectivity index is 1.11. The highest BCUT2D eigenvalue weighted by Gasteiger charge is 2.19. The number of anilines is 3. The normalized spacial score (nSPS) is 11.8. The number of rotatable bonds is 5. The zero-order valence-corrected chi connectivity index (χ0v) is 29.6. The quantitative estimate of drug-likeness (QED) is 0.174. The summed E-state index contributed by atoms with van der Waals surface area (Å²) in [7, 11) is 0. The minimum Gasteiger partial charge on any atom is -0.310 e. The average Bonchev–Trinajstić information content (AvgIpc) is 3.78. The van der Waals surface area contributed by atoms with Crippen molar-refractivity contribution in [1.29, 1.82) is 0 Å². The number of hydrogen-bond donors (Lipinski definition) is 0. The minimum absolute atomic E-state index is 1.11. The first kappa shape index (κ1) is 30.0. The highest BCUT2D eigenvalue weighted by atomic mass is 32.1. The van der Waals surface area contributed by atoms with Crippen LogP contribution in [-0.2, 0) is 0 Å². The summed E-state index contributed by atoms with van der Waals surface area (Å²) >= 11 is 1.90. The molecule has 0 unspecified atom stereocenters. The van der Waals surface area contributed by atoms with Gasteiger partial charge in [0.05, 0.1) is 11.0 Å². The van der Waals surface area contributed by atoms with Gasteiger partial charge in [-0.2, -0.15) is 0 Å². The molecule has 2 nitrogen and oxygen atoms in total. The highest BCUT2D eigenvalue weighted by molar-refractivity contribution is 7.26. The summed E-state index contributed by atoms with van der Waals surface area (Å²) in [5, 5.41) is 10.2. The molecule has 0 aliphatic carbocycles. The molecule has 11 rings (SSSR count). The lowest BCUT2D eigenvalue weighted by molar-refractivity contribution is 1.18. The van der Waals surface area contributed by atoms with E-state index in [4.69, 9.17) is 0 Å². The second-order valence-corrected chi connectivity index (χ2v) is 14.8. The van der Waals surface area contributed by atoms with E-state index in [1.807, 2.05) is 11.3 Å². The van der Waals surface area contributed by atoms with Crippen molar-refractivity contribution in [2.45, 2.75) is 0 Å². The average molecular weight is 693 g/mol. The van der Waals surface area contributed by atoms with Crippen molar-refractivity contribution in [3.63, 3.8) is 0 Å². The predicted octanol–water partition coefficient (Wildman–Crippen LogP) is 14.6. The zero-order valence-electron chi connectivity index (χ0n) is 28.8. The molecule has 9 aromatic carbocycles. The first-order chi connectivity index (χ1) is 26.3. The van der Waals surface area contributed by atoms with E-state index in [0.29, 0.717) is 0 Å². The molecule has 0 atom stereocenters. The smallest absolute Gasteiger partial charge is 0.0633 e. The fourth-order valence-corrected chi connectivity index (χ4v) is 9.51. The summed E-state index contributed by atoms with van der Waals surface area (Å²) in [5.41, 5.74) is 9.38. The van der Waals surface area contributed by atoms with E-state index < -0.39 is 0 Å². The van der Waals surface area contributed by atoms with Crippen molar-refractivity contribution >= 4 is 91.9 Å². The van der Waals surface area contributed by atoms with Crippen molar-refractivity contribution in [1.82, 2.24) is 4.57 Å². The van der Waals surface area contributed by atoms with Crippen LogP contribution in [0, 0.1) is 0 Å². The molecule has 2 heterocycles. The fourth-order valence-electron chi connectivity index (χ4n) is 8.26. The molecule has 0 saturated carbocycles. The molecule has 0 spiro atoms. The van der Waals surface area contributed by atoms with E-state index in [1.165, 1.54) is 74.6 Å². The molecule has 11 aromatic rings. The first-order valence-corrected chi connectivity index (χ1v) is 18.9. The van der Waals surface area contributed by atoms with Crippen LogP contribution in [0.3, 0.4) is 0 Å². The van der Waals surface area contributed by atoms with Crippen molar-refractivity contribution < 1.29 is 0 Å². The summed E-state index contributed by atoms with van der Waals surface area (Å²) in [5.74, 6) is 0. The molecule has 0 fully saturated rings. The molecule has 3 heteroatoms. The molecular formula is C50H32N2S. The summed E-state index contributed by atoms with van der Waals surface area (Å²) in [6.45, 7) is 0. The van der Waals surface area contributed by atoms with Gasteiger partial charge in [0.15, 0.2) is 0 Å². The van der Waals surface area contributed by atoms with Crippen LogP contribution in [-0.4, -0.2) is 4.57 Å². The molecule has 53 heavy (non-hydrogen) atoms. The number of benzene rings is 9. The Morgan fingerprint density at radius 1 is 0.396 bits per heavy atom. The lowest BCUT2D eigenvalue weighted by Crippen LogP contribution is -2.10. The van der Waals surface area contributed by atoms with Gasteiger partial charge in [-0.1, -0.05) is 133 Å². The van der Waals surface area contributed by atoms with Crippen LogP contribution in [0.1, 0.15) is 0 Å². The van der Waals surface area contributed by atoms with Crippen LogP contribution in [0.2, 0.25) is 0 Å². The van der Waals surface area contributed by atoms with Gasteiger partial charge < -0.3 is 9.47 Å². The van der Waals surface area contributed by atoms with Crippen LogP contribution in [0.4, 0.5) is 17.1 Å². The summed E-state index contributed by atoms with van der Waals surface area (Å²) in [6, 6.07) is 70.8. The maximum absolute atomic E-state index is 2.48. The predicted molar refractivity (Wildman–Crippen MR) is 229 cm³/mol. The third-order valence-corrected chi connectivity index (χ3v) is 12.0. The molecule has 248 valence electrons. The van der Waals surface area contributed by atoms with Gasteiger partial charge in [0.25, 0.3) is 0 Å². The third kappa shape index (κ3) is 4.78. The monoisotopic (exact) mass is 692 g/mol. The van der Waals surface area contributed by atoms with Gasteiger partial charge >= 0.3 is 0 Å². The molecule has 0 bridgehead atoms. The van der Waals surface area contributed by atoms with Gasteiger partial charge in [0.2, 0.25) is 0 Å². The van der Waals surface area contributed by atoms with Gasteiger partial charge in [-0.3, -0.25) is 0 Å². The molecule has 0 N–H and O–H groups in total. The van der Waals surface area contributed by atoms with Crippen LogP contribution < -0.4 is 4.90 Å². The SMILES string of the molecule is c1ccc(-c2ccc(N(c3ccc(-n4c5ccccc5c5ccc6ccc7c8ccccc8sc7c6c54)cc3)c3ccc4ccccc4c3)cc2)cc1. The van der Waals surface area contributed by atoms with Gasteiger partial charge in [0, 0.05) is 59.1 Å². The van der Waals surface area contributed by atoms with E-state index in [9.17, 15) is 0 Å². The molecular weight excluding hydrogens is 661 g/mol. The van der Waals surface area contributed by atoms with E-state index in [2.05, 4.69) is 204 Å². The number of nitrogens with zero attached hydrogens (tertiary/aromatic N) is 2. The van der Waals surface area contributed by atoms with Gasteiger partial charge in [-0.05, 0) is 87.9 Å². The molecule has 0 aliphatic rings. The summed E-state index contributed by atoms with van der Waals surface area (Å²) in [6.07, 6.45) is 0. The van der Waals surface area contributed by atoms with Crippen LogP contribution in [0.25, 0.3) is 80.3 Å². The fraction of sp³-hybridized carbons (Fsp3) is 0. The minimum atomic E-state index is 1.11. The van der Waals surface area contributed by atoms with E-state index >= 15 is 0 Å². The standard InChI is InChI=1S/C50H32N2S/c1-2-10-33(11-3-1)35-18-23-38(24-19-35)51(41-25-20-34-12-4-5-13-37(34)32-41)39-26-28-40(29-27-39)52-46-16-8-6-14-42(46)44-30-21-36-22-31-45-43-15-7-9-17-47(43)53-50(45)48(36)49(44)52/h1-32H. The van der Waals surface area contributed by atoms with E-state index in [-0.39, 0.29) is 0 Å². The Labute approximate surface area is 311 Å². The van der Waals surface area contributed by atoms with E-state index in [0.717, 1.165) is 22.7 Å². The second kappa shape index (κ2) is 11.9. The Hall–Kier alpha value is -6.68. The van der Waals surface area contributed by atoms with Crippen LogP contribution in [0.15, 0.2) is 194 Å². The molecule has 2 aromatic heterocycles. The first-order valence-electron chi connectivity index (χ1n) is 18.1. The lowest BCUT2D eigenvalue weighted by atomic mass is 10.0. The third-order valence-electron chi connectivity index (χ3n) is 10.7. The van der Waals surface area contributed by atoms with E-state index in [1.54, 1.807) is 0 Å². The molecule has 0 saturated heterocycles. The number of aromatic nitrogens is 1. The Kier molecular flexibility index (Phi) is 6.76. The van der Waals surface area contributed by atoms with Gasteiger partial charge in [0.1, 0.15) is 0 Å². The van der Waals surface area contributed by atoms with Crippen LogP contribution in [0.5, 0.6) is 0 Å². The van der Waals surface area contributed by atoms with Gasteiger partial charge in [-0.25, -0.2) is 0 Å². The van der Waals surface area contributed by atoms with Gasteiger partial charge in [-0.15, -0.1) is 11.3 Å². The topological polar surface area (TPSA) is 8.17 Å². The van der Waals surface area contributed by atoms with Crippen molar-refractivity contribution in [2.24, 2.45) is 0 Å². The largest absolute Gasteiger partial charge is 0.310 e. The molecule has 0 aliphatic heterocycles. The molecule has 0 amide bonds. The Morgan fingerprint density at radius 3 is 1.81 bits per heavy atom. The molecule has 0 radical (unpaired) electrons. The van der Waals surface area contributed by atoms with Crippen LogP contribution >= 0.6 is 11.3 Å². The van der Waals surface area contributed by atoms with Crippen molar-refractivity contribution in [3.8, 4) is 16.8 Å². The second-order valence-electron chi connectivity index (χ2n) is 13.7. The maximum atomic E-state index is 2.48. The number of thiophene rings is 1. The summed E-state index contributed by atoms with van der Waals surface area (Å²) < 4.78 is 5.15. The highest BCUT2D eigenvalue weighted by Crippen LogP contribution is 2.45. The maximum Gasteiger partial charge on any atom is 0.0633 e. The zero-order chi connectivity index (χ0) is 34.9. The van der Waals surface area contributed by atoms with Crippen molar-refractivity contribution in [2.75, 3.05) is 4.90 Å². The number of para-hydroxylation sites is 1. The Bertz CT molecular complexity index is 3150.